The molecule has 2 heterocycles. The smallest absolute Gasteiger partial charge is 0.339 e. The first kappa shape index (κ1) is 30.1. The fourth-order valence-electron chi connectivity index (χ4n) is 4.51. The molecular formula is C28H24O16. The fraction of sp³-hybridized carbons (Fsp3) is 0.214. The maximum atomic E-state index is 12.9. The molecule has 1 fully saturated rings. The van der Waals surface area contributed by atoms with Crippen molar-refractivity contribution in [1.29, 1.82) is 0 Å². The highest BCUT2D eigenvalue weighted by Gasteiger charge is 2.48. The van der Waals surface area contributed by atoms with Crippen LogP contribution < -0.4 is 10.2 Å². The van der Waals surface area contributed by atoms with Crippen molar-refractivity contribution in [2.24, 2.45) is 0 Å². The normalized spacial score (nSPS) is 21.7. The van der Waals surface area contributed by atoms with Gasteiger partial charge in [-0.05, 0) is 30.3 Å². The lowest BCUT2D eigenvalue weighted by molar-refractivity contribution is -0.276. The van der Waals surface area contributed by atoms with Gasteiger partial charge in [0.05, 0.1) is 17.7 Å². The molecule has 1 saturated heterocycles. The number of aliphatic hydroxyl groups is 3. The number of hydrogen-bond donors (Lipinski definition) is 10. The van der Waals surface area contributed by atoms with Crippen LogP contribution in [0.4, 0.5) is 0 Å². The van der Waals surface area contributed by atoms with E-state index in [4.69, 9.17) is 18.6 Å². The summed E-state index contributed by atoms with van der Waals surface area (Å²) >= 11 is 0. The third-order valence-corrected chi connectivity index (χ3v) is 6.75. The Hall–Kier alpha value is -5.42. The Kier molecular flexibility index (Phi) is 7.75. The predicted octanol–water partition coefficient (Wildman–Crippen LogP) is 0.394. The lowest BCUT2D eigenvalue weighted by Gasteiger charge is -2.41. The molecule has 2 aliphatic heterocycles. The van der Waals surface area contributed by atoms with Crippen LogP contribution in [0.25, 0.3) is 22.6 Å². The van der Waals surface area contributed by atoms with Gasteiger partial charge in [-0.25, -0.2) is 4.79 Å². The highest BCUT2D eigenvalue weighted by molar-refractivity contribution is 5.91. The highest BCUT2D eigenvalue weighted by Crippen LogP contribution is 2.45. The minimum atomic E-state index is -1.98. The van der Waals surface area contributed by atoms with E-state index in [1.54, 1.807) is 0 Å². The van der Waals surface area contributed by atoms with Crippen molar-refractivity contribution in [3.8, 4) is 68.6 Å². The zero-order valence-electron chi connectivity index (χ0n) is 22.1. The van der Waals surface area contributed by atoms with Crippen LogP contribution in [0.15, 0.2) is 51.7 Å². The number of carbonyl (C=O) groups is 1. The summed E-state index contributed by atoms with van der Waals surface area (Å²) in [6.07, 6.45) is -9.08. The number of rotatable bonds is 6. The molecule has 0 radical (unpaired) electrons. The first-order valence-corrected chi connectivity index (χ1v) is 12.6. The molecule has 232 valence electrons. The van der Waals surface area contributed by atoms with Crippen molar-refractivity contribution in [3.05, 3.63) is 58.3 Å². The summed E-state index contributed by atoms with van der Waals surface area (Å²) < 4.78 is 22.5. The van der Waals surface area contributed by atoms with E-state index in [1.807, 2.05) is 0 Å². The van der Waals surface area contributed by atoms with E-state index in [0.29, 0.717) is 0 Å². The summed E-state index contributed by atoms with van der Waals surface area (Å²) in [5.41, 5.74) is -1.39. The van der Waals surface area contributed by atoms with Gasteiger partial charge in [-0.2, -0.15) is 0 Å². The average Bonchev–Trinajstić information content (AvgIpc) is 2.97. The number of carbonyl (C=O) groups excluding carboxylic acids is 1. The summed E-state index contributed by atoms with van der Waals surface area (Å²) in [7, 11) is 0. The molecule has 44 heavy (non-hydrogen) atoms. The first-order valence-electron chi connectivity index (χ1n) is 12.6. The Morgan fingerprint density at radius 2 is 1.36 bits per heavy atom. The van der Waals surface area contributed by atoms with E-state index < -0.39 is 94.5 Å². The molecule has 0 bridgehead atoms. The van der Waals surface area contributed by atoms with Crippen molar-refractivity contribution in [2.75, 3.05) is 6.61 Å². The monoisotopic (exact) mass is 616 g/mol. The van der Waals surface area contributed by atoms with Gasteiger partial charge >= 0.3 is 5.97 Å². The van der Waals surface area contributed by atoms with E-state index in [9.17, 15) is 60.7 Å². The molecule has 5 rings (SSSR count). The number of aliphatic hydroxyl groups excluding tert-OH is 3. The van der Waals surface area contributed by atoms with Crippen molar-refractivity contribution in [2.45, 2.75) is 30.7 Å². The van der Waals surface area contributed by atoms with Gasteiger partial charge in [-0.15, -0.1) is 0 Å². The van der Waals surface area contributed by atoms with Gasteiger partial charge in [0.1, 0.15) is 29.8 Å². The standard InChI is InChI=1S/C28H24O16/c29-8-20-23(38)24(39)26(44-27(40)10-3-16(34)22(37)17(35)4-10)28(43-20)42-19-7-12-13(31)5-11(30)6-18(12)41-25(19)9-1-14(32)21(36)15(33)2-9/h1-7,20,23-24,26,28-29,31-39H,8H2/t20-,23-,24+,26-,28-/m1/s1. The highest BCUT2D eigenvalue weighted by atomic mass is 16.7. The minimum Gasteiger partial charge on any atom is -0.507 e. The summed E-state index contributed by atoms with van der Waals surface area (Å²) in [4.78, 5) is 24.9. The van der Waals surface area contributed by atoms with Crippen LogP contribution in [0.1, 0.15) is 10.4 Å². The Bertz CT molecular complexity index is 1720. The van der Waals surface area contributed by atoms with Gasteiger partial charge < -0.3 is 69.7 Å². The predicted molar refractivity (Wildman–Crippen MR) is 143 cm³/mol. The van der Waals surface area contributed by atoms with Gasteiger partial charge in [0.15, 0.2) is 57.5 Å². The number of aromatic hydroxyl groups is 7. The quantitative estimate of drug-likeness (QED) is 0.104. The molecule has 3 aliphatic rings. The van der Waals surface area contributed by atoms with Crippen molar-refractivity contribution >= 4 is 5.97 Å². The maximum absolute atomic E-state index is 12.9. The molecule has 1 aliphatic carbocycles. The fourth-order valence-corrected chi connectivity index (χ4v) is 4.51. The number of ether oxygens (including phenoxy) is 3. The molecule has 0 spiro atoms. The Labute approximate surface area is 245 Å². The molecule has 16 heteroatoms. The Balaban J connectivity index is 1.61. The maximum Gasteiger partial charge on any atom is 0.339 e. The van der Waals surface area contributed by atoms with Crippen LogP contribution in [0.5, 0.6) is 46.0 Å². The second-order valence-electron chi connectivity index (χ2n) is 9.71. The van der Waals surface area contributed by atoms with Crippen LogP contribution in [-0.4, -0.2) is 94.3 Å². The SMILES string of the molecule is O=C(O[C@H]1[C@H](Oc2cc3c(O)cc(=O)cc-3oc2-c2cc(O)c(O)c(O)c2)O[C@H](CO)[C@@H](O)[C@@H]1O)c1cc(O)c(O)c(O)c1. The third kappa shape index (κ3) is 5.40. The molecule has 2 aromatic carbocycles. The largest absolute Gasteiger partial charge is 0.507 e. The molecule has 2 aromatic rings. The van der Waals surface area contributed by atoms with Gasteiger partial charge in [0.2, 0.25) is 6.29 Å². The molecule has 0 aromatic heterocycles. The van der Waals surface area contributed by atoms with E-state index >= 15 is 0 Å². The van der Waals surface area contributed by atoms with Crippen LogP contribution in [-0.2, 0) is 9.47 Å². The average molecular weight is 616 g/mol. The Morgan fingerprint density at radius 1 is 0.773 bits per heavy atom. The number of benzene rings is 3. The van der Waals surface area contributed by atoms with Crippen molar-refractivity contribution in [3.63, 3.8) is 0 Å². The molecule has 0 unspecified atom stereocenters. The first-order chi connectivity index (χ1) is 20.8. The van der Waals surface area contributed by atoms with E-state index in [0.717, 1.165) is 42.5 Å². The molecule has 5 atom stereocenters. The molecule has 16 nitrogen and oxygen atoms in total. The molecule has 0 saturated carbocycles. The van der Waals surface area contributed by atoms with E-state index in [-0.39, 0.29) is 28.4 Å². The number of phenols is 7. The van der Waals surface area contributed by atoms with Crippen LogP contribution in [0.3, 0.4) is 0 Å². The summed E-state index contributed by atoms with van der Waals surface area (Å²) in [6.45, 7) is -0.847. The topological polar surface area (TPSA) is 277 Å². The molecule has 10 N–H and O–H groups in total. The zero-order valence-corrected chi connectivity index (χ0v) is 22.1. The van der Waals surface area contributed by atoms with Crippen LogP contribution >= 0.6 is 0 Å². The molecular weight excluding hydrogens is 592 g/mol. The lowest BCUT2D eigenvalue weighted by atomic mass is 9.98. The van der Waals surface area contributed by atoms with Gasteiger partial charge in [0.25, 0.3) is 0 Å². The Morgan fingerprint density at radius 3 is 1.95 bits per heavy atom. The van der Waals surface area contributed by atoms with Crippen LogP contribution in [0.2, 0.25) is 0 Å². The molecule has 0 amide bonds. The summed E-state index contributed by atoms with van der Waals surface area (Å²) in [6, 6.07) is 6.39. The van der Waals surface area contributed by atoms with Crippen molar-refractivity contribution < 1.29 is 74.5 Å². The second kappa shape index (κ2) is 11.3. The number of esters is 1. The van der Waals surface area contributed by atoms with E-state index in [2.05, 4.69) is 0 Å². The number of fused-ring (bicyclic) bond motifs is 1. The zero-order chi connectivity index (χ0) is 32.0. The second-order valence-corrected chi connectivity index (χ2v) is 9.71. The van der Waals surface area contributed by atoms with Gasteiger partial charge in [0, 0.05) is 17.7 Å². The van der Waals surface area contributed by atoms with Crippen molar-refractivity contribution in [1.82, 2.24) is 0 Å². The van der Waals surface area contributed by atoms with E-state index in [1.165, 1.54) is 0 Å². The minimum absolute atomic E-state index is 0.0886. The van der Waals surface area contributed by atoms with Gasteiger partial charge in [-0.1, -0.05) is 0 Å². The number of phenolic OH excluding ortho intramolecular Hbond substituents is 7. The van der Waals surface area contributed by atoms with Crippen LogP contribution in [0, 0.1) is 0 Å². The summed E-state index contributed by atoms with van der Waals surface area (Å²) in [5.74, 6) is -7.90. The summed E-state index contributed by atoms with van der Waals surface area (Å²) in [5, 5.41) is 101. The third-order valence-electron chi connectivity index (χ3n) is 6.75. The number of hydrogen-bond acceptors (Lipinski definition) is 16. The van der Waals surface area contributed by atoms with Gasteiger partial charge in [-0.3, -0.25) is 4.79 Å². The lowest BCUT2D eigenvalue weighted by Crippen LogP contribution is -2.61.